The number of carbonyl (C=O) groups is 2. The summed E-state index contributed by atoms with van der Waals surface area (Å²) >= 11 is 1.33. The zero-order valence-electron chi connectivity index (χ0n) is 18.4. The summed E-state index contributed by atoms with van der Waals surface area (Å²) in [6.07, 6.45) is 1.12. The Morgan fingerprint density at radius 1 is 1.39 bits per heavy atom. The van der Waals surface area contributed by atoms with E-state index < -0.39 is 29.6 Å². The molecule has 9 nitrogen and oxygen atoms in total. The maximum atomic E-state index is 15.0. The van der Waals surface area contributed by atoms with E-state index in [0.717, 1.165) is 5.69 Å². The first kappa shape index (κ1) is 22.7. The summed E-state index contributed by atoms with van der Waals surface area (Å²) in [5, 5.41) is 16.0. The van der Waals surface area contributed by atoms with Crippen LogP contribution in [0.1, 0.15) is 26.5 Å². The lowest BCUT2D eigenvalue weighted by Crippen LogP contribution is -2.49. The Balaban J connectivity index is 1.47. The molecule has 33 heavy (non-hydrogen) atoms. The van der Waals surface area contributed by atoms with Crippen LogP contribution >= 0.6 is 11.3 Å². The van der Waals surface area contributed by atoms with E-state index in [1.807, 2.05) is 17.6 Å². The minimum Gasteiger partial charge on any atom is -0.465 e. The number of amides is 2. The third-order valence-corrected chi connectivity index (χ3v) is 6.16. The molecule has 174 valence electrons. The zero-order chi connectivity index (χ0) is 23.8. The van der Waals surface area contributed by atoms with Crippen molar-refractivity contribution in [3.63, 3.8) is 0 Å². The number of benzene rings is 1. The number of anilines is 1. The van der Waals surface area contributed by atoms with Crippen molar-refractivity contribution >= 4 is 29.2 Å². The lowest BCUT2D eigenvalue weighted by Gasteiger charge is -2.34. The molecule has 1 saturated heterocycles. The predicted octanol–water partition coefficient (Wildman–Crippen LogP) is 4.30. The van der Waals surface area contributed by atoms with Gasteiger partial charge in [0.25, 0.3) is 0 Å². The van der Waals surface area contributed by atoms with Gasteiger partial charge in [-0.2, -0.15) is 5.10 Å². The summed E-state index contributed by atoms with van der Waals surface area (Å²) in [6.45, 7) is 5.95. The van der Waals surface area contributed by atoms with E-state index in [0.29, 0.717) is 22.8 Å². The van der Waals surface area contributed by atoms with E-state index in [4.69, 9.17) is 4.74 Å². The SMILES string of the molecule is CC(C)(C)N(C[C@@H]1CN(c2ccc(-c3nc(Cn4cccn4)cs3)c(F)c2)C(=O)O1)C(=O)O. The van der Waals surface area contributed by atoms with Crippen LogP contribution in [0.5, 0.6) is 0 Å². The minimum absolute atomic E-state index is 0.0276. The topological polar surface area (TPSA) is 101 Å². The van der Waals surface area contributed by atoms with Gasteiger partial charge in [0.1, 0.15) is 16.9 Å². The summed E-state index contributed by atoms with van der Waals surface area (Å²) in [5.41, 5.74) is 0.803. The van der Waals surface area contributed by atoms with Gasteiger partial charge in [0, 0.05) is 28.9 Å². The van der Waals surface area contributed by atoms with E-state index in [9.17, 15) is 19.1 Å². The van der Waals surface area contributed by atoms with Gasteiger partial charge in [-0.15, -0.1) is 11.3 Å². The van der Waals surface area contributed by atoms with Gasteiger partial charge in [-0.1, -0.05) is 0 Å². The molecule has 1 N–H and O–H groups in total. The fourth-order valence-corrected chi connectivity index (χ4v) is 4.42. The van der Waals surface area contributed by atoms with Crippen LogP contribution in [0.3, 0.4) is 0 Å². The van der Waals surface area contributed by atoms with Crippen molar-refractivity contribution in [3.8, 4) is 10.6 Å². The number of carbonyl (C=O) groups excluding carboxylic acids is 1. The Labute approximate surface area is 194 Å². The number of rotatable bonds is 6. The molecule has 0 unspecified atom stereocenters. The van der Waals surface area contributed by atoms with Crippen molar-refractivity contribution in [3.05, 3.63) is 53.6 Å². The van der Waals surface area contributed by atoms with E-state index >= 15 is 0 Å². The molecule has 2 aromatic heterocycles. The summed E-state index contributed by atoms with van der Waals surface area (Å²) in [5.74, 6) is -0.509. The number of thiazole rings is 1. The average Bonchev–Trinajstić information content (AvgIpc) is 3.47. The van der Waals surface area contributed by atoms with Crippen molar-refractivity contribution < 1.29 is 23.8 Å². The molecular weight excluding hydrogens is 449 g/mol. The Hall–Kier alpha value is -3.47. The monoisotopic (exact) mass is 473 g/mol. The molecule has 11 heteroatoms. The lowest BCUT2D eigenvalue weighted by molar-refractivity contribution is 0.0605. The Bertz CT molecular complexity index is 1160. The summed E-state index contributed by atoms with van der Waals surface area (Å²) < 4.78 is 22.0. The summed E-state index contributed by atoms with van der Waals surface area (Å²) in [7, 11) is 0. The van der Waals surface area contributed by atoms with Gasteiger partial charge in [-0.3, -0.25) is 14.5 Å². The maximum Gasteiger partial charge on any atom is 0.414 e. The van der Waals surface area contributed by atoms with Crippen LogP contribution in [0.4, 0.5) is 19.7 Å². The van der Waals surface area contributed by atoms with E-state index in [1.165, 1.54) is 27.2 Å². The maximum absolute atomic E-state index is 15.0. The number of carboxylic acid groups (broad SMARTS) is 1. The van der Waals surface area contributed by atoms with Crippen LogP contribution in [-0.2, 0) is 11.3 Å². The molecule has 1 atom stereocenters. The number of nitrogens with zero attached hydrogens (tertiary/aromatic N) is 5. The largest absolute Gasteiger partial charge is 0.465 e. The van der Waals surface area contributed by atoms with Crippen molar-refractivity contribution in [1.82, 2.24) is 19.7 Å². The number of cyclic esters (lactones) is 1. The summed E-state index contributed by atoms with van der Waals surface area (Å²) in [6, 6.07) is 6.31. The van der Waals surface area contributed by atoms with Crippen molar-refractivity contribution in [2.45, 2.75) is 39.0 Å². The second-order valence-electron chi connectivity index (χ2n) is 8.69. The van der Waals surface area contributed by atoms with Crippen molar-refractivity contribution in [1.29, 1.82) is 0 Å². The van der Waals surface area contributed by atoms with Crippen LogP contribution in [0.2, 0.25) is 0 Å². The van der Waals surface area contributed by atoms with E-state index in [1.54, 1.807) is 43.8 Å². The van der Waals surface area contributed by atoms with Crippen molar-refractivity contribution in [2.75, 3.05) is 18.0 Å². The first-order chi connectivity index (χ1) is 15.6. The van der Waals surface area contributed by atoms with Gasteiger partial charge in [0.15, 0.2) is 0 Å². The molecule has 3 aromatic rings. The normalized spacial score (nSPS) is 16.2. The van der Waals surface area contributed by atoms with Gasteiger partial charge in [-0.05, 0) is 45.0 Å². The Morgan fingerprint density at radius 2 is 2.18 bits per heavy atom. The van der Waals surface area contributed by atoms with Gasteiger partial charge in [-0.25, -0.2) is 19.0 Å². The van der Waals surface area contributed by atoms with E-state index in [2.05, 4.69) is 10.1 Å². The number of ether oxygens (including phenoxy) is 1. The van der Waals surface area contributed by atoms with Crippen LogP contribution in [-0.4, -0.2) is 61.7 Å². The zero-order valence-corrected chi connectivity index (χ0v) is 19.3. The van der Waals surface area contributed by atoms with Crippen LogP contribution < -0.4 is 4.90 Å². The Morgan fingerprint density at radius 3 is 2.82 bits per heavy atom. The second-order valence-corrected chi connectivity index (χ2v) is 9.55. The molecule has 3 heterocycles. The highest BCUT2D eigenvalue weighted by Crippen LogP contribution is 2.31. The highest BCUT2D eigenvalue weighted by Gasteiger charge is 2.37. The molecule has 1 aliphatic rings. The second kappa shape index (κ2) is 8.81. The summed E-state index contributed by atoms with van der Waals surface area (Å²) in [4.78, 5) is 31.0. The van der Waals surface area contributed by atoms with Crippen molar-refractivity contribution in [2.24, 2.45) is 0 Å². The number of halogens is 1. The molecule has 0 aliphatic carbocycles. The number of aromatic nitrogens is 3. The fraction of sp³-hybridized carbons (Fsp3) is 0.364. The molecule has 1 fully saturated rings. The molecule has 0 spiro atoms. The molecular formula is C22H24FN5O4S. The number of hydrogen-bond acceptors (Lipinski definition) is 6. The first-order valence-corrected chi connectivity index (χ1v) is 11.2. The highest BCUT2D eigenvalue weighted by molar-refractivity contribution is 7.13. The smallest absolute Gasteiger partial charge is 0.414 e. The van der Waals surface area contributed by atoms with E-state index in [-0.39, 0.29) is 13.1 Å². The molecule has 2 amide bonds. The standard InChI is InChI=1S/C22H24FN5O4S/c1-22(2,3)28(20(29)30)12-16-11-27(21(31)32-16)15-5-6-17(18(23)9-15)19-25-14(13-33-19)10-26-8-4-7-24-26/h4-9,13,16H,10-12H2,1-3H3,(H,29,30)/t16-/m0/s1. The minimum atomic E-state index is -1.09. The third-order valence-electron chi connectivity index (χ3n) is 5.23. The molecule has 0 bridgehead atoms. The van der Waals surface area contributed by atoms with Gasteiger partial charge in [0.05, 0.1) is 31.0 Å². The molecule has 4 rings (SSSR count). The lowest BCUT2D eigenvalue weighted by atomic mass is 10.1. The fourth-order valence-electron chi connectivity index (χ4n) is 3.58. The molecule has 0 radical (unpaired) electrons. The van der Waals surface area contributed by atoms with Gasteiger partial charge in [0.2, 0.25) is 0 Å². The van der Waals surface area contributed by atoms with Crippen LogP contribution in [0.15, 0.2) is 42.0 Å². The Kier molecular flexibility index (Phi) is 6.07. The quantitative estimate of drug-likeness (QED) is 0.573. The molecule has 1 aliphatic heterocycles. The average molecular weight is 474 g/mol. The van der Waals surface area contributed by atoms with Crippen LogP contribution in [0, 0.1) is 5.82 Å². The first-order valence-electron chi connectivity index (χ1n) is 10.3. The predicted molar refractivity (Wildman–Crippen MR) is 121 cm³/mol. The van der Waals surface area contributed by atoms with Gasteiger partial charge < -0.3 is 9.84 Å². The number of hydrogen-bond donors (Lipinski definition) is 1. The van der Waals surface area contributed by atoms with Gasteiger partial charge >= 0.3 is 12.2 Å². The molecule has 1 aromatic carbocycles. The van der Waals surface area contributed by atoms with Crippen LogP contribution in [0.25, 0.3) is 10.6 Å². The molecule has 0 saturated carbocycles. The highest BCUT2D eigenvalue weighted by atomic mass is 32.1. The third kappa shape index (κ3) is 4.98.